The summed E-state index contributed by atoms with van der Waals surface area (Å²) in [6, 6.07) is 10.1. The van der Waals surface area contributed by atoms with Crippen molar-refractivity contribution in [2.75, 3.05) is 19.5 Å². The van der Waals surface area contributed by atoms with Crippen molar-refractivity contribution in [3.8, 4) is 11.5 Å². The highest BCUT2D eigenvalue weighted by Crippen LogP contribution is 2.31. The van der Waals surface area contributed by atoms with Gasteiger partial charge in [-0.25, -0.2) is 0 Å². The lowest BCUT2D eigenvalue weighted by molar-refractivity contribution is -0.385. The Bertz CT molecular complexity index is 789. The largest absolute Gasteiger partial charge is 0.493 e. The molecule has 0 atom stereocenters. The van der Waals surface area contributed by atoms with Crippen LogP contribution in [0.5, 0.6) is 11.5 Å². The van der Waals surface area contributed by atoms with Crippen molar-refractivity contribution >= 4 is 17.3 Å². The lowest BCUT2D eigenvalue weighted by Gasteiger charge is -2.13. The Hall–Kier alpha value is -3.09. The summed E-state index contributed by atoms with van der Waals surface area (Å²) in [6.07, 6.45) is 0.672. The van der Waals surface area contributed by atoms with E-state index < -0.39 is 4.92 Å². The van der Waals surface area contributed by atoms with E-state index in [9.17, 15) is 14.9 Å². The third-order valence-corrected chi connectivity index (χ3v) is 3.88. The van der Waals surface area contributed by atoms with Gasteiger partial charge in [-0.05, 0) is 31.0 Å². The number of para-hydroxylation sites is 1. The van der Waals surface area contributed by atoms with Gasteiger partial charge in [-0.1, -0.05) is 18.2 Å². The molecule has 1 amide bonds. The fraction of sp³-hybridized carbons (Fsp3) is 0.278. The van der Waals surface area contributed by atoms with Crippen LogP contribution in [0.1, 0.15) is 17.5 Å². The van der Waals surface area contributed by atoms with Crippen molar-refractivity contribution in [2.24, 2.45) is 0 Å². The number of aryl methyl sites for hydroxylation is 1. The predicted molar refractivity (Wildman–Crippen MR) is 94.3 cm³/mol. The predicted octanol–water partition coefficient (Wildman–Crippen LogP) is 3.49. The second kappa shape index (κ2) is 8.14. The number of amides is 1. The van der Waals surface area contributed by atoms with Gasteiger partial charge < -0.3 is 14.8 Å². The SMILES string of the molecule is COc1cccc(CCC(=O)Nc2cccc([N+](=O)[O-])c2C)c1OC. The molecule has 2 aromatic rings. The average molecular weight is 344 g/mol. The topological polar surface area (TPSA) is 90.7 Å². The van der Waals surface area contributed by atoms with Crippen LogP contribution in [0, 0.1) is 17.0 Å². The molecule has 2 rings (SSSR count). The fourth-order valence-corrected chi connectivity index (χ4v) is 2.57. The van der Waals surface area contributed by atoms with E-state index in [0.29, 0.717) is 29.2 Å². The van der Waals surface area contributed by atoms with Gasteiger partial charge in [0.2, 0.25) is 5.91 Å². The minimum absolute atomic E-state index is 0.0211. The standard InChI is InChI=1S/C18H20N2O5/c1-12-14(7-5-8-15(12)20(22)23)19-17(21)11-10-13-6-4-9-16(24-2)18(13)25-3/h4-9H,10-11H2,1-3H3,(H,19,21). The summed E-state index contributed by atoms with van der Waals surface area (Å²) in [5.74, 6) is 0.979. The van der Waals surface area contributed by atoms with Gasteiger partial charge in [0, 0.05) is 12.5 Å². The van der Waals surface area contributed by atoms with E-state index >= 15 is 0 Å². The van der Waals surface area contributed by atoms with Crippen LogP contribution in [0.15, 0.2) is 36.4 Å². The Morgan fingerprint density at radius 3 is 2.52 bits per heavy atom. The quantitative estimate of drug-likeness (QED) is 0.613. The smallest absolute Gasteiger partial charge is 0.274 e. The maximum Gasteiger partial charge on any atom is 0.274 e. The van der Waals surface area contributed by atoms with Crippen molar-refractivity contribution in [3.63, 3.8) is 0 Å². The molecule has 25 heavy (non-hydrogen) atoms. The second-order valence-electron chi connectivity index (χ2n) is 5.41. The lowest BCUT2D eigenvalue weighted by Crippen LogP contribution is -2.14. The Morgan fingerprint density at radius 1 is 1.16 bits per heavy atom. The molecule has 0 fully saturated rings. The summed E-state index contributed by atoms with van der Waals surface area (Å²) < 4.78 is 10.6. The number of hydrogen-bond donors (Lipinski definition) is 1. The number of hydrogen-bond acceptors (Lipinski definition) is 5. The lowest BCUT2D eigenvalue weighted by atomic mass is 10.1. The van der Waals surface area contributed by atoms with Gasteiger partial charge >= 0.3 is 0 Å². The highest BCUT2D eigenvalue weighted by Gasteiger charge is 2.15. The van der Waals surface area contributed by atoms with Gasteiger partial charge in [0.15, 0.2) is 11.5 Å². The number of nitro benzene ring substituents is 1. The molecule has 132 valence electrons. The number of carbonyl (C=O) groups excluding carboxylic acids is 1. The van der Waals surface area contributed by atoms with Crippen molar-refractivity contribution in [1.29, 1.82) is 0 Å². The molecule has 7 heteroatoms. The van der Waals surface area contributed by atoms with Crippen LogP contribution in [0.3, 0.4) is 0 Å². The number of rotatable bonds is 7. The molecule has 0 saturated carbocycles. The molecule has 0 heterocycles. The van der Waals surface area contributed by atoms with Crippen LogP contribution >= 0.6 is 0 Å². The van der Waals surface area contributed by atoms with Crippen molar-refractivity contribution in [3.05, 3.63) is 57.6 Å². The Morgan fingerprint density at radius 2 is 1.88 bits per heavy atom. The summed E-state index contributed by atoms with van der Waals surface area (Å²) in [6.45, 7) is 1.61. The zero-order valence-electron chi connectivity index (χ0n) is 14.4. The Balaban J connectivity index is 2.08. The number of nitrogens with zero attached hydrogens (tertiary/aromatic N) is 1. The molecule has 0 aromatic heterocycles. The molecule has 0 aliphatic heterocycles. The molecule has 0 aliphatic carbocycles. The summed E-state index contributed by atoms with van der Waals surface area (Å²) in [5, 5.41) is 13.7. The minimum Gasteiger partial charge on any atom is -0.493 e. The van der Waals surface area contributed by atoms with Crippen LogP contribution in [0.2, 0.25) is 0 Å². The molecule has 0 saturated heterocycles. The molecule has 1 N–H and O–H groups in total. The number of methoxy groups -OCH3 is 2. The van der Waals surface area contributed by atoms with E-state index in [1.807, 2.05) is 12.1 Å². The molecule has 0 aliphatic rings. The first kappa shape index (κ1) is 18.3. The Kier molecular flexibility index (Phi) is 5.94. The number of benzene rings is 2. The highest BCUT2D eigenvalue weighted by molar-refractivity contribution is 5.92. The van der Waals surface area contributed by atoms with Crippen molar-refractivity contribution in [2.45, 2.75) is 19.8 Å². The van der Waals surface area contributed by atoms with Gasteiger partial charge in [0.1, 0.15) is 0 Å². The van der Waals surface area contributed by atoms with Gasteiger partial charge in [-0.2, -0.15) is 0 Å². The normalized spacial score (nSPS) is 10.2. The third kappa shape index (κ3) is 4.26. The van der Waals surface area contributed by atoms with Crippen LogP contribution in [-0.4, -0.2) is 25.1 Å². The van der Waals surface area contributed by atoms with Gasteiger partial charge in [0.05, 0.1) is 30.4 Å². The van der Waals surface area contributed by atoms with E-state index in [0.717, 1.165) is 5.56 Å². The summed E-state index contributed by atoms with van der Waals surface area (Å²) >= 11 is 0. The molecule has 7 nitrogen and oxygen atoms in total. The minimum atomic E-state index is -0.466. The maximum atomic E-state index is 12.2. The molecule has 0 radical (unpaired) electrons. The van der Waals surface area contributed by atoms with E-state index in [4.69, 9.17) is 9.47 Å². The molecular weight excluding hydrogens is 324 g/mol. The zero-order chi connectivity index (χ0) is 18.4. The van der Waals surface area contributed by atoms with Crippen molar-refractivity contribution in [1.82, 2.24) is 0 Å². The summed E-state index contributed by atoms with van der Waals surface area (Å²) in [5.41, 5.74) is 1.71. The molecular formula is C18H20N2O5. The van der Waals surface area contributed by atoms with Crippen molar-refractivity contribution < 1.29 is 19.2 Å². The van der Waals surface area contributed by atoms with E-state index in [2.05, 4.69) is 5.32 Å². The van der Waals surface area contributed by atoms with Gasteiger partial charge in [0.25, 0.3) is 5.69 Å². The van der Waals surface area contributed by atoms with Crippen LogP contribution in [0.25, 0.3) is 0 Å². The first-order chi connectivity index (χ1) is 12.0. The number of carbonyl (C=O) groups is 1. The first-order valence-corrected chi connectivity index (χ1v) is 7.71. The van der Waals surface area contributed by atoms with Crippen LogP contribution in [0.4, 0.5) is 11.4 Å². The number of nitrogens with one attached hydrogen (secondary N) is 1. The fourth-order valence-electron chi connectivity index (χ4n) is 2.57. The molecule has 2 aromatic carbocycles. The van der Waals surface area contributed by atoms with E-state index in [1.165, 1.54) is 6.07 Å². The molecule has 0 spiro atoms. The van der Waals surface area contributed by atoms with E-state index in [1.54, 1.807) is 39.3 Å². The van der Waals surface area contributed by atoms with Gasteiger partial charge in [-0.15, -0.1) is 0 Å². The van der Waals surface area contributed by atoms with Gasteiger partial charge in [-0.3, -0.25) is 14.9 Å². The summed E-state index contributed by atoms with van der Waals surface area (Å²) in [7, 11) is 3.10. The molecule has 0 unspecified atom stereocenters. The first-order valence-electron chi connectivity index (χ1n) is 7.71. The van der Waals surface area contributed by atoms with Crippen LogP contribution < -0.4 is 14.8 Å². The Labute approximate surface area is 145 Å². The number of ether oxygens (including phenoxy) is 2. The highest BCUT2D eigenvalue weighted by atomic mass is 16.6. The third-order valence-electron chi connectivity index (χ3n) is 3.88. The second-order valence-corrected chi connectivity index (χ2v) is 5.41. The molecule has 0 bridgehead atoms. The van der Waals surface area contributed by atoms with Crippen LogP contribution in [-0.2, 0) is 11.2 Å². The number of nitro groups is 1. The number of anilines is 1. The monoisotopic (exact) mass is 344 g/mol. The zero-order valence-corrected chi connectivity index (χ0v) is 14.4. The van der Waals surface area contributed by atoms with E-state index in [-0.39, 0.29) is 18.0 Å². The maximum absolute atomic E-state index is 12.2. The summed E-state index contributed by atoms with van der Waals surface area (Å²) in [4.78, 5) is 22.7. The average Bonchev–Trinajstić information content (AvgIpc) is 2.60.